The predicted octanol–water partition coefficient (Wildman–Crippen LogP) is 0.909. The second-order valence-electron chi connectivity index (χ2n) is 5.32. The standard InChI is InChI=1S/C19H38O9/c1-3-21-6-7-23-10-11-25-14-15-27-18-19-28-17-16-26-13-12-24-9-8-22-5-4-20-2/h3H,1,4-19H2,2H3. The van der Waals surface area contributed by atoms with Crippen LogP contribution in [0.1, 0.15) is 0 Å². The third kappa shape index (κ3) is 25.2. The molecule has 0 aliphatic rings. The molecule has 0 atom stereocenters. The molecular formula is C19H38O9. The van der Waals surface area contributed by atoms with E-state index in [-0.39, 0.29) is 0 Å². The lowest BCUT2D eigenvalue weighted by molar-refractivity contribution is -0.0230. The molecule has 0 heterocycles. The van der Waals surface area contributed by atoms with Crippen molar-refractivity contribution in [3.05, 3.63) is 12.8 Å². The van der Waals surface area contributed by atoms with Gasteiger partial charge in [-0.05, 0) is 0 Å². The number of methoxy groups -OCH3 is 1. The van der Waals surface area contributed by atoms with Gasteiger partial charge < -0.3 is 42.6 Å². The zero-order valence-corrected chi connectivity index (χ0v) is 17.3. The lowest BCUT2D eigenvalue weighted by atomic mass is 10.6. The minimum Gasteiger partial charge on any atom is -0.499 e. The van der Waals surface area contributed by atoms with E-state index in [2.05, 4.69) is 6.58 Å². The van der Waals surface area contributed by atoms with Gasteiger partial charge in [0, 0.05) is 7.11 Å². The van der Waals surface area contributed by atoms with Crippen molar-refractivity contribution in [3.8, 4) is 0 Å². The highest BCUT2D eigenvalue weighted by Crippen LogP contribution is 1.85. The first kappa shape index (κ1) is 27.2. The number of hydrogen-bond acceptors (Lipinski definition) is 9. The first-order chi connectivity index (χ1) is 13.9. The monoisotopic (exact) mass is 410 g/mol. The summed E-state index contributed by atoms with van der Waals surface area (Å²) in [6, 6.07) is 0. The maximum Gasteiger partial charge on any atom is 0.111 e. The van der Waals surface area contributed by atoms with Gasteiger partial charge in [-0.25, -0.2) is 0 Å². The Morgan fingerprint density at radius 2 is 0.679 bits per heavy atom. The summed E-state index contributed by atoms with van der Waals surface area (Å²) in [4.78, 5) is 0. The summed E-state index contributed by atoms with van der Waals surface area (Å²) < 4.78 is 47.3. The normalized spacial score (nSPS) is 11.0. The molecule has 0 aliphatic heterocycles. The highest BCUT2D eigenvalue weighted by molar-refractivity contribution is 4.47. The Morgan fingerprint density at radius 3 is 0.929 bits per heavy atom. The van der Waals surface area contributed by atoms with Crippen LogP contribution >= 0.6 is 0 Å². The Labute approximate surface area is 169 Å². The fourth-order valence-electron chi connectivity index (χ4n) is 1.75. The van der Waals surface area contributed by atoms with Gasteiger partial charge in [0.15, 0.2) is 0 Å². The first-order valence-electron chi connectivity index (χ1n) is 9.67. The fraction of sp³-hybridized carbons (Fsp3) is 0.895. The van der Waals surface area contributed by atoms with Crippen molar-refractivity contribution in [2.24, 2.45) is 0 Å². The molecule has 0 saturated carbocycles. The molecule has 0 unspecified atom stereocenters. The zero-order valence-electron chi connectivity index (χ0n) is 17.3. The Bertz CT molecular complexity index is 293. The molecule has 9 nitrogen and oxygen atoms in total. The van der Waals surface area contributed by atoms with Gasteiger partial charge in [0.2, 0.25) is 0 Å². The second kappa shape index (κ2) is 26.2. The van der Waals surface area contributed by atoms with Crippen LogP contribution in [0.5, 0.6) is 0 Å². The average Bonchev–Trinajstić information content (AvgIpc) is 2.71. The lowest BCUT2D eigenvalue weighted by Gasteiger charge is -2.08. The van der Waals surface area contributed by atoms with Crippen LogP contribution in [0, 0.1) is 0 Å². The number of ether oxygens (including phenoxy) is 9. The summed E-state index contributed by atoms with van der Waals surface area (Å²) >= 11 is 0. The van der Waals surface area contributed by atoms with Gasteiger partial charge >= 0.3 is 0 Å². The number of hydrogen-bond donors (Lipinski definition) is 0. The van der Waals surface area contributed by atoms with Crippen LogP contribution in [0.4, 0.5) is 0 Å². The van der Waals surface area contributed by atoms with Crippen molar-refractivity contribution in [3.63, 3.8) is 0 Å². The molecule has 0 saturated heterocycles. The van der Waals surface area contributed by atoms with Gasteiger partial charge in [0.25, 0.3) is 0 Å². The highest BCUT2D eigenvalue weighted by atomic mass is 16.6. The molecule has 28 heavy (non-hydrogen) atoms. The summed E-state index contributed by atoms with van der Waals surface area (Å²) in [6.45, 7) is 12.2. The molecule has 168 valence electrons. The minimum absolute atomic E-state index is 0.510. The summed E-state index contributed by atoms with van der Waals surface area (Å²) in [5.74, 6) is 0. The summed E-state index contributed by atoms with van der Waals surface area (Å²) in [7, 11) is 1.65. The molecule has 0 N–H and O–H groups in total. The topological polar surface area (TPSA) is 83.1 Å². The van der Waals surface area contributed by atoms with Gasteiger partial charge in [-0.1, -0.05) is 6.58 Å². The third-order valence-electron chi connectivity index (χ3n) is 3.13. The van der Waals surface area contributed by atoms with Crippen LogP contribution in [0.3, 0.4) is 0 Å². The van der Waals surface area contributed by atoms with Gasteiger partial charge in [-0.2, -0.15) is 0 Å². The molecule has 0 aliphatic carbocycles. The van der Waals surface area contributed by atoms with Crippen LogP contribution in [0.15, 0.2) is 12.8 Å². The van der Waals surface area contributed by atoms with Crippen molar-refractivity contribution >= 4 is 0 Å². The lowest BCUT2D eigenvalue weighted by Crippen LogP contribution is -2.15. The van der Waals surface area contributed by atoms with Crippen LogP contribution in [-0.4, -0.2) is 113 Å². The summed E-state index contributed by atoms with van der Waals surface area (Å²) in [5, 5.41) is 0. The van der Waals surface area contributed by atoms with Crippen molar-refractivity contribution < 1.29 is 42.6 Å². The smallest absolute Gasteiger partial charge is 0.111 e. The molecule has 0 radical (unpaired) electrons. The van der Waals surface area contributed by atoms with E-state index < -0.39 is 0 Å². The fourth-order valence-corrected chi connectivity index (χ4v) is 1.75. The third-order valence-corrected chi connectivity index (χ3v) is 3.13. The quantitative estimate of drug-likeness (QED) is 0.161. The zero-order chi connectivity index (χ0) is 20.4. The van der Waals surface area contributed by atoms with Crippen LogP contribution in [-0.2, 0) is 42.6 Å². The Balaban J connectivity index is 2.97. The summed E-state index contributed by atoms with van der Waals surface area (Å²) in [6.07, 6.45) is 1.40. The van der Waals surface area contributed by atoms with Crippen molar-refractivity contribution in [1.82, 2.24) is 0 Å². The van der Waals surface area contributed by atoms with Crippen molar-refractivity contribution in [2.75, 3.05) is 113 Å². The van der Waals surface area contributed by atoms with Gasteiger partial charge in [-0.3, -0.25) is 0 Å². The molecule has 0 aromatic carbocycles. The molecule has 0 bridgehead atoms. The molecule has 0 fully saturated rings. The molecule has 0 spiro atoms. The van der Waals surface area contributed by atoms with E-state index >= 15 is 0 Å². The largest absolute Gasteiger partial charge is 0.499 e. The molecule has 0 amide bonds. The van der Waals surface area contributed by atoms with Gasteiger partial charge in [-0.15, -0.1) is 0 Å². The minimum atomic E-state index is 0.510. The SMILES string of the molecule is C=COCCOCCOCCOCCOCCOCCOCCOCCOC. The highest BCUT2D eigenvalue weighted by Gasteiger charge is 1.94. The number of rotatable bonds is 25. The summed E-state index contributed by atoms with van der Waals surface area (Å²) in [5.41, 5.74) is 0. The van der Waals surface area contributed by atoms with Gasteiger partial charge in [0.05, 0.1) is 105 Å². The van der Waals surface area contributed by atoms with Gasteiger partial charge in [0.1, 0.15) is 6.61 Å². The van der Waals surface area contributed by atoms with E-state index in [1.165, 1.54) is 6.26 Å². The molecule has 0 rings (SSSR count). The maximum atomic E-state index is 5.41. The van der Waals surface area contributed by atoms with Crippen molar-refractivity contribution in [1.29, 1.82) is 0 Å². The molecule has 9 heteroatoms. The van der Waals surface area contributed by atoms with Crippen LogP contribution < -0.4 is 0 Å². The molecule has 0 aromatic heterocycles. The Hall–Kier alpha value is -0.780. The molecule has 0 aromatic rings. The maximum absolute atomic E-state index is 5.41. The Kier molecular flexibility index (Phi) is 25.5. The predicted molar refractivity (Wildman–Crippen MR) is 104 cm³/mol. The van der Waals surface area contributed by atoms with Crippen molar-refractivity contribution in [2.45, 2.75) is 0 Å². The van der Waals surface area contributed by atoms with E-state index in [1.54, 1.807) is 7.11 Å². The average molecular weight is 411 g/mol. The van der Waals surface area contributed by atoms with E-state index in [1.807, 2.05) is 0 Å². The van der Waals surface area contributed by atoms with E-state index in [0.29, 0.717) is 106 Å². The first-order valence-corrected chi connectivity index (χ1v) is 9.67. The van der Waals surface area contributed by atoms with E-state index in [4.69, 9.17) is 42.6 Å². The second-order valence-corrected chi connectivity index (χ2v) is 5.32. The van der Waals surface area contributed by atoms with Crippen LogP contribution in [0.2, 0.25) is 0 Å². The van der Waals surface area contributed by atoms with E-state index in [0.717, 1.165) is 0 Å². The molecular weight excluding hydrogens is 372 g/mol. The van der Waals surface area contributed by atoms with E-state index in [9.17, 15) is 0 Å². The van der Waals surface area contributed by atoms with Crippen LogP contribution in [0.25, 0.3) is 0 Å². The Morgan fingerprint density at radius 1 is 0.429 bits per heavy atom.